The van der Waals surface area contributed by atoms with Gasteiger partial charge in [0.25, 0.3) is 0 Å². The normalized spacial score (nSPS) is 16.9. The van der Waals surface area contributed by atoms with Crippen LogP contribution in [-0.4, -0.2) is 32.4 Å². The maximum absolute atomic E-state index is 12.0. The van der Waals surface area contributed by atoms with Gasteiger partial charge in [0.15, 0.2) is 0 Å². The Morgan fingerprint density at radius 3 is 2.65 bits per heavy atom. The number of carbonyl (C=O) groups excluding carboxylic acids is 1. The lowest BCUT2D eigenvalue weighted by Crippen LogP contribution is -2.53. The first-order valence-corrected chi connectivity index (χ1v) is 6.82. The summed E-state index contributed by atoms with van der Waals surface area (Å²) in [5, 5.41) is 18.9. The Labute approximate surface area is 117 Å². The van der Waals surface area contributed by atoms with Gasteiger partial charge in [0.05, 0.1) is 11.4 Å². The van der Waals surface area contributed by atoms with Crippen LogP contribution in [0.1, 0.15) is 38.3 Å². The second-order valence-corrected chi connectivity index (χ2v) is 5.19. The molecule has 110 valence electrons. The first kappa shape index (κ1) is 14.4. The zero-order valence-electron chi connectivity index (χ0n) is 11.8. The first-order chi connectivity index (χ1) is 9.47. The second kappa shape index (κ2) is 5.52. The predicted molar refractivity (Wildman–Crippen MR) is 73.6 cm³/mol. The largest absolute Gasteiger partial charge is 0.480 e. The highest BCUT2D eigenvalue weighted by atomic mass is 16.4. The molecule has 0 aromatic carbocycles. The Morgan fingerprint density at radius 1 is 1.45 bits per heavy atom. The van der Waals surface area contributed by atoms with E-state index in [1.165, 1.54) is 0 Å². The molecule has 1 aliphatic rings. The van der Waals surface area contributed by atoms with Gasteiger partial charge in [-0.2, -0.15) is 5.10 Å². The fourth-order valence-corrected chi connectivity index (χ4v) is 2.64. The van der Waals surface area contributed by atoms with Crippen molar-refractivity contribution in [2.24, 2.45) is 7.05 Å². The fourth-order valence-electron chi connectivity index (χ4n) is 2.64. The Balaban J connectivity index is 2.06. The van der Waals surface area contributed by atoms with Gasteiger partial charge in [-0.15, -0.1) is 0 Å². The van der Waals surface area contributed by atoms with Gasteiger partial charge in [0, 0.05) is 13.2 Å². The minimum Gasteiger partial charge on any atom is -0.480 e. The third kappa shape index (κ3) is 2.76. The van der Waals surface area contributed by atoms with Crippen molar-refractivity contribution < 1.29 is 14.7 Å². The van der Waals surface area contributed by atoms with Gasteiger partial charge in [0.2, 0.25) is 0 Å². The zero-order valence-corrected chi connectivity index (χ0v) is 11.8. The number of urea groups is 1. The summed E-state index contributed by atoms with van der Waals surface area (Å²) in [5.41, 5.74) is 0.267. The molecule has 1 aliphatic carbocycles. The van der Waals surface area contributed by atoms with E-state index in [9.17, 15) is 14.7 Å². The van der Waals surface area contributed by atoms with E-state index in [1.807, 2.05) is 6.92 Å². The summed E-state index contributed by atoms with van der Waals surface area (Å²) >= 11 is 0. The number of amides is 2. The summed E-state index contributed by atoms with van der Waals surface area (Å²) in [7, 11) is 1.78. The van der Waals surface area contributed by atoms with Crippen LogP contribution in [0.15, 0.2) is 6.20 Å². The van der Waals surface area contributed by atoms with Crippen LogP contribution in [0.3, 0.4) is 0 Å². The molecule has 1 fully saturated rings. The molecule has 0 spiro atoms. The minimum atomic E-state index is -1.13. The van der Waals surface area contributed by atoms with Crippen LogP contribution >= 0.6 is 0 Å². The number of aryl methyl sites for hydroxylation is 2. The average Bonchev–Trinajstić information content (AvgIpc) is 2.97. The van der Waals surface area contributed by atoms with E-state index in [0.717, 1.165) is 18.5 Å². The molecule has 2 rings (SSSR count). The topological polar surface area (TPSA) is 96.3 Å². The molecule has 1 aromatic rings. The Morgan fingerprint density at radius 2 is 2.10 bits per heavy atom. The van der Waals surface area contributed by atoms with E-state index in [-0.39, 0.29) is 0 Å². The van der Waals surface area contributed by atoms with E-state index in [0.29, 0.717) is 24.9 Å². The number of rotatable bonds is 4. The molecule has 3 N–H and O–H groups in total. The van der Waals surface area contributed by atoms with E-state index < -0.39 is 17.5 Å². The van der Waals surface area contributed by atoms with E-state index in [4.69, 9.17) is 0 Å². The zero-order chi connectivity index (χ0) is 14.8. The smallest absolute Gasteiger partial charge is 0.329 e. The average molecular weight is 280 g/mol. The van der Waals surface area contributed by atoms with Crippen molar-refractivity contribution in [2.75, 3.05) is 5.32 Å². The number of nitrogens with zero attached hydrogens (tertiary/aromatic N) is 2. The Kier molecular flexibility index (Phi) is 3.96. The number of carbonyl (C=O) groups is 2. The molecule has 2 amide bonds. The molecule has 0 radical (unpaired) electrons. The van der Waals surface area contributed by atoms with Crippen LogP contribution < -0.4 is 10.6 Å². The number of hydrogen-bond acceptors (Lipinski definition) is 3. The molecule has 7 nitrogen and oxygen atoms in total. The van der Waals surface area contributed by atoms with Gasteiger partial charge in [-0.25, -0.2) is 9.59 Å². The number of hydrogen-bond donors (Lipinski definition) is 3. The van der Waals surface area contributed by atoms with Crippen LogP contribution in [0.4, 0.5) is 10.5 Å². The summed E-state index contributed by atoms with van der Waals surface area (Å²) < 4.78 is 1.62. The van der Waals surface area contributed by atoms with Gasteiger partial charge in [-0.1, -0.05) is 19.8 Å². The SMILES string of the molecule is CCc1nn(C)cc1NC(=O)NC1(C(=O)O)CCCC1. The van der Waals surface area contributed by atoms with Gasteiger partial charge in [0.1, 0.15) is 5.54 Å². The van der Waals surface area contributed by atoms with Gasteiger partial charge >= 0.3 is 12.0 Å². The summed E-state index contributed by atoms with van der Waals surface area (Å²) in [6.07, 6.45) is 4.99. The number of carboxylic acids is 1. The second-order valence-electron chi connectivity index (χ2n) is 5.19. The molecule has 0 atom stereocenters. The highest BCUT2D eigenvalue weighted by molar-refractivity contribution is 5.94. The van der Waals surface area contributed by atoms with Crippen molar-refractivity contribution >= 4 is 17.7 Å². The Bertz CT molecular complexity index is 518. The number of aliphatic carboxylic acids is 1. The van der Waals surface area contributed by atoms with E-state index in [2.05, 4.69) is 15.7 Å². The van der Waals surface area contributed by atoms with Crippen molar-refractivity contribution in [2.45, 2.75) is 44.6 Å². The van der Waals surface area contributed by atoms with Crippen molar-refractivity contribution in [1.29, 1.82) is 0 Å². The van der Waals surface area contributed by atoms with Crippen LogP contribution in [0, 0.1) is 0 Å². The monoisotopic (exact) mass is 280 g/mol. The lowest BCUT2D eigenvalue weighted by atomic mass is 9.98. The molecule has 0 unspecified atom stereocenters. The molecule has 0 aliphatic heterocycles. The maximum Gasteiger partial charge on any atom is 0.329 e. The first-order valence-electron chi connectivity index (χ1n) is 6.82. The molecule has 0 saturated heterocycles. The third-order valence-electron chi connectivity index (χ3n) is 3.71. The molecule has 0 bridgehead atoms. The van der Waals surface area contributed by atoms with Gasteiger partial charge in [-0.05, 0) is 19.3 Å². The Hall–Kier alpha value is -2.05. The van der Waals surface area contributed by atoms with Gasteiger partial charge in [-0.3, -0.25) is 4.68 Å². The molecule has 1 saturated carbocycles. The number of carboxylic acid groups (broad SMARTS) is 1. The highest BCUT2D eigenvalue weighted by Crippen LogP contribution is 2.30. The number of nitrogens with one attached hydrogen (secondary N) is 2. The van der Waals surface area contributed by atoms with Crippen LogP contribution in [-0.2, 0) is 18.3 Å². The third-order valence-corrected chi connectivity index (χ3v) is 3.71. The van der Waals surface area contributed by atoms with Crippen molar-refractivity contribution in [3.63, 3.8) is 0 Å². The van der Waals surface area contributed by atoms with E-state index in [1.54, 1.807) is 17.9 Å². The lowest BCUT2D eigenvalue weighted by Gasteiger charge is -2.25. The summed E-state index contributed by atoms with van der Waals surface area (Å²) in [5.74, 6) is -0.966. The lowest BCUT2D eigenvalue weighted by molar-refractivity contribution is -0.144. The van der Waals surface area contributed by atoms with Crippen molar-refractivity contribution in [3.8, 4) is 0 Å². The predicted octanol–water partition coefficient (Wildman–Crippen LogP) is 1.50. The molecular weight excluding hydrogens is 260 g/mol. The molecular formula is C13H20N4O3. The van der Waals surface area contributed by atoms with Crippen LogP contribution in [0.25, 0.3) is 0 Å². The highest BCUT2D eigenvalue weighted by Gasteiger charge is 2.42. The maximum atomic E-state index is 12.0. The molecule has 7 heteroatoms. The summed E-state index contributed by atoms with van der Waals surface area (Å²) in [6.45, 7) is 1.95. The number of anilines is 1. The van der Waals surface area contributed by atoms with E-state index >= 15 is 0 Å². The fraction of sp³-hybridized carbons (Fsp3) is 0.615. The standard InChI is InChI=1S/C13H20N4O3/c1-3-9-10(8-17(2)16-9)14-12(20)15-13(11(18)19)6-4-5-7-13/h8H,3-7H2,1-2H3,(H,18,19)(H2,14,15,20). The minimum absolute atomic E-state index is 0.476. The van der Waals surface area contributed by atoms with Crippen LogP contribution in [0.2, 0.25) is 0 Å². The van der Waals surface area contributed by atoms with Crippen molar-refractivity contribution in [1.82, 2.24) is 15.1 Å². The summed E-state index contributed by atoms with van der Waals surface area (Å²) in [6, 6.07) is -0.489. The molecule has 20 heavy (non-hydrogen) atoms. The van der Waals surface area contributed by atoms with Gasteiger partial charge < -0.3 is 15.7 Å². The van der Waals surface area contributed by atoms with Crippen molar-refractivity contribution in [3.05, 3.63) is 11.9 Å². The van der Waals surface area contributed by atoms with Crippen LogP contribution in [0.5, 0.6) is 0 Å². The number of aromatic nitrogens is 2. The summed E-state index contributed by atoms with van der Waals surface area (Å²) in [4.78, 5) is 23.4. The quantitative estimate of drug-likeness (QED) is 0.778. The molecule has 1 heterocycles. The molecule has 1 aromatic heterocycles.